The van der Waals surface area contributed by atoms with E-state index in [0.717, 1.165) is 32.7 Å². The molecule has 0 unspecified atom stereocenters. The summed E-state index contributed by atoms with van der Waals surface area (Å²) in [5, 5.41) is 20.7. The van der Waals surface area contributed by atoms with E-state index in [1.165, 1.54) is 5.56 Å². The first-order valence-corrected chi connectivity index (χ1v) is 10.3. The smallest absolute Gasteiger partial charge is 0.475 e. The Hall–Kier alpha value is -2.94. The highest BCUT2D eigenvalue weighted by Crippen LogP contribution is 2.31. The van der Waals surface area contributed by atoms with Crippen LogP contribution in [-0.2, 0) is 25.5 Å². The molecule has 0 spiro atoms. The zero-order valence-electron chi connectivity index (χ0n) is 18.2. The molecule has 9 nitrogen and oxygen atoms in total. The number of hydrogen-bond donors (Lipinski definition) is 4. The number of rotatable bonds is 5. The van der Waals surface area contributed by atoms with Gasteiger partial charge in [-0.2, -0.15) is 26.3 Å². The molecule has 2 aliphatic rings. The molecule has 2 fully saturated rings. The molecular weight excluding hydrogens is 492 g/mol. The van der Waals surface area contributed by atoms with Crippen molar-refractivity contribution >= 4 is 17.8 Å². The van der Waals surface area contributed by atoms with Crippen LogP contribution in [0.5, 0.6) is 0 Å². The first-order chi connectivity index (χ1) is 16.2. The Morgan fingerprint density at radius 3 is 2.06 bits per heavy atom. The van der Waals surface area contributed by atoms with E-state index in [1.807, 2.05) is 12.1 Å². The van der Waals surface area contributed by atoms with E-state index in [1.54, 1.807) is 12.4 Å². The topological polar surface area (TPSA) is 138 Å². The van der Waals surface area contributed by atoms with Crippen LogP contribution in [0.4, 0.5) is 26.3 Å². The average Bonchev–Trinajstić information content (AvgIpc) is 3.24. The summed E-state index contributed by atoms with van der Waals surface area (Å²) in [7, 11) is 0. The summed E-state index contributed by atoms with van der Waals surface area (Å²) in [5.74, 6) is -3.82. The molecule has 4 N–H and O–H groups in total. The van der Waals surface area contributed by atoms with Crippen LogP contribution in [0.15, 0.2) is 24.5 Å². The summed E-state index contributed by atoms with van der Waals surface area (Å²) >= 11 is 0. The Morgan fingerprint density at radius 1 is 1.00 bits per heavy atom. The molecule has 1 aromatic heterocycles. The van der Waals surface area contributed by atoms with E-state index in [9.17, 15) is 31.1 Å². The van der Waals surface area contributed by atoms with Crippen molar-refractivity contribution in [1.82, 2.24) is 15.6 Å². The molecule has 0 aliphatic carbocycles. The van der Waals surface area contributed by atoms with E-state index in [0.29, 0.717) is 30.7 Å². The number of carbonyl (C=O) groups is 3. The number of amides is 1. The van der Waals surface area contributed by atoms with Gasteiger partial charge in [0.1, 0.15) is 0 Å². The zero-order valence-corrected chi connectivity index (χ0v) is 18.2. The summed E-state index contributed by atoms with van der Waals surface area (Å²) in [6, 6.07) is 3.96. The van der Waals surface area contributed by atoms with E-state index in [-0.39, 0.29) is 5.91 Å². The monoisotopic (exact) mass is 517 g/mol. The standard InChI is InChI=1S/C16H23N3O2.2C2HF3O2/c20-16(19-6-3-12-1-4-17-5-2-12)7-13-10-21-11-14-8-18-9-15(13)14;2*3-2(4,5)1(6)7/h1-2,4-5,13-15,18H,3,6-11H2,(H,19,20);2*(H,6,7)/t13-,14-,15+;;/m1../s1. The summed E-state index contributed by atoms with van der Waals surface area (Å²) in [5.41, 5.74) is 1.20. The number of aromatic nitrogens is 1. The number of aliphatic carboxylic acids is 2. The Balaban J connectivity index is 0.000000362. The Morgan fingerprint density at radius 2 is 1.54 bits per heavy atom. The minimum Gasteiger partial charge on any atom is -0.475 e. The Kier molecular flexibility index (Phi) is 11.9. The van der Waals surface area contributed by atoms with Crippen LogP contribution >= 0.6 is 0 Å². The molecule has 15 heteroatoms. The van der Waals surface area contributed by atoms with Gasteiger partial charge in [0.05, 0.1) is 13.2 Å². The first kappa shape index (κ1) is 30.1. The third-order valence-corrected chi connectivity index (χ3v) is 5.08. The van der Waals surface area contributed by atoms with Gasteiger partial charge in [-0.3, -0.25) is 9.78 Å². The maximum atomic E-state index is 12.1. The van der Waals surface area contributed by atoms with Crippen molar-refractivity contribution < 1.29 is 55.7 Å². The van der Waals surface area contributed by atoms with Gasteiger partial charge in [-0.1, -0.05) is 0 Å². The number of nitrogens with zero attached hydrogens (tertiary/aromatic N) is 1. The summed E-state index contributed by atoms with van der Waals surface area (Å²) in [6.07, 6.45) is -5.17. The van der Waals surface area contributed by atoms with Crippen molar-refractivity contribution in [3.63, 3.8) is 0 Å². The number of ether oxygens (including phenoxy) is 1. The van der Waals surface area contributed by atoms with Crippen molar-refractivity contribution in [2.45, 2.75) is 25.2 Å². The molecule has 35 heavy (non-hydrogen) atoms. The number of alkyl halides is 6. The highest BCUT2D eigenvalue weighted by molar-refractivity contribution is 5.76. The fourth-order valence-electron chi connectivity index (χ4n) is 3.40. The minimum atomic E-state index is -5.08. The van der Waals surface area contributed by atoms with Gasteiger partial charge in [0.25, 0.3) is 0 Å². The summed E-state index contributed by atoms with van der Waals surface area (Å²) in [4.78, 5) is 33.9. The van der Waals surface area contributed by atoms with Gasteiger partial charge in [-0.05, 0) is 48.4 Å². The maximum Gasteiger partial charge on any atom is 0.490 e. The van der Waals surface area contributed by atoms with E-state index < -0.39 is 24.3 Å². The minimum absolute atomic E-state index is 0.144. The van der Waals surface area contributed by atoms with Crippen molar-refractivity contribution in [2.24, 2.45) is 17.8 Å². The molecule has 0 saturated carbocycles. The second kappa shape index (κ2) is 13.8. The average molecular weight is 517 g/mol. The molecule has 3 heterocycles. The highest BCUT2D eigenvalue weighted by atomic mass is 19.4. The van der Waals surface area contributed by atoms with Gasteiger partial charge in [0.15, 0.2) is 0 Å². The zero-order chi connectivity index (χ0) is 26.6. The molecule has 2 aliphatic heterocycles. The molecule has 198 valence electrons. The Bertz CT molecular complexity index is 798. The van der Waals surface area contributed by atoms with E-state index >= 15 is 0 Å². The number of halogens is 6. The highest BCUT2D eigenvalue weighted by Gasteiger charge is 2.39. The van der Waals surface area contributed by atoms with Crippen LogP contribution < -0.4 is 10.6 Å². The summed E-state index contributed by atoms with van der Waals surface area (Å²) in [6.45, 7) is 4.31. The lowest BCUT2D eigenvalue weighted by atomic mass is 9.81. The number of carbonyl (C=O) groups excluding carboxylic acids is 1. The van der Waals surface area contributed by atoms with E-state index in [4.69, 9.17) is 24.5 Å². The predicted molar refractivity (Wildman–Crippen MR) is 107 cm³/mol. The van der Waals surface area contributed by atoms with Gasteiger partial charge < -0.3 is 25.6 Å². The normalized spacial score (nSPS) is 21.4. The van der Waals surface area contributed by atoms with Crippen molar-refractivity contribution in [3.05, 3.63) is 30.1 Å². The van der Waals surface area contributed by atoms with Crippen molar-refractivity contribution in [2.75, 3.05) is 32.8 Å². The molecule has 0 aromatic carbocycles. The first-order valence-electron chi connectivity index (χ1n) is 10.3. The largest absolute Gasteiger partial charge is 0.490 e. The Labute approximate surface area is 195 Å². The van der Waals surface area contributed by atoms with Crippen molar-refractivity contribution in [1.29, 1.82) is 0 Å². The molecular formula is C20H25F6N3O6. The summed E-state index contributed by atoms with van der Waals surface area (Å²) < 4.78 is 69.1. The number of nitrogens with one attached hydrogen (secondary N) is 2. The van der Waals surface area contributed by atoms with Gasteiger partial charge in [0, 0.05) is 31.9 Å². The number of carboxylic acid groups (broad SMARTS) is 2. The van der Waals surface area contributed by atoms with Crippen molar-refractivity contribution in [3.8, 4) is 0 Å². The molecule has 0 bridgehead atoms. The lowest BCUT2D eigenvalue weighted by molar-refractivity contribution is -0.193. The molecule has 1 amide bonds. The fourth-order valence-corrected chi connectivity index (χ4v) is 3.40. The lowest BCUT2D eigenvalue weighted by Crippen LogP contribution is -2.38. The number of carboxylic acids is 2. The molecule has 2 saturated heterocycles. The van der Waals surface area contributed by atoms with Gasteiger partial charge in [-0.15, -0.1) is 0 Å². The predicted octanol–water partition coefficient (Wildman–Crippen LogP) is 1.88. The van der Waals surface area contributed by atoms with Crippen LogP contribution in [0.2, 0.25) is 0 Å². The fraction of sp³-hybridized carbons (Fsp3) is 0.600. The second-order valence-electron chi connectivity index (χ2n) is 7.65. The molecule has 3 atom stereocenters. The number of hydrogen-bond acceptors (Lipinski definition) is 6. The van der Waals surface area contributed by atoms with Crippen LogP contribution in [-0.4, -0.2) is 78.2 Å². The molecule has 0 radical (unpaired) electrons. The van der Waals surface area contributed by atoms with Crippen LogP contribution in [0, 0.1) is 17.8 Å². The van der Waals surface area contributed by atoms with Crippen LogP contribution in [0.1, 0.15) is 12.0 Å². The van der Waals surface area contributed by atoms with Gasteiger partial charge in [0.2, 0.25) is 5.91 Å². The molecule has 3 rings (SSSR count). The molecule has 1 aromatic rings. The quantitative estimate of drug-likeness (QED) is 0.435. The number of pyridine rings is 1. The van der Waals surface area contributed by atoms with E-state index in [2.05, 4.69) is 15.6 Å². The van der Waals surface area contributed by atoms with Crippen LogP contribution in [0.25, 0.3) is 0 Å². The number of fused-ring (bicyclic) bond motifs is 1. The SMILES string of the molecule is O=C(C[C@@H]1COC[C@H]2CNC[C@H]21)NCCc1ccncc1.O=C(O)C(F)(F)F.O=C(O)C(F)(F)F. The van der Waals surface area contributed by atoms with Gasteiger partial charge >= 0.3 is 24.3 Å². The van der Waals surface area contributed by atoms with Crippen LogP contribution in [0.3, 0.4) is 0 Å². The third kappa shape index (κ3) is 11.8. The maximum absolute atomic E-state index is 12.1. The lowest BCUT2D eigenvalue weighted by Gasteiger charge is -2.32. The third-order valence-electron chi connectivity index (χ3n) is 5.08. The second-order valence-corrected chi connectivity index (χ2v) is 7.65. The van der Waals surface area contributed by atoms with Gasteiger partial charge in [-0.25, -0.2) is 9.59 Å².